The minimum absolute atomic E-state index is 0.0119. The fraction of sp³-hybridized carbons (Fsp3) is 0.429. The Morgan fingerprint density at radius 3 is 2.89 bits per heavy atom. The molecule has 9 heavy (non-hydrogen) atoms. The second kappa shape index (κ2) is 2.23. The Hall–Kier alpha value is -0.760. The largest absolute Gasteiger partial charge is 0.873 e. The van der Waals surface area contributed by atoms with Crippen molar-refractivity contribution in [2.75, 3.05) is 0 Å². The maximum absolute atomic E-state index is 10.6. The van der Waals surface area contributed by atoms with Crippen molar-refractivity contribution in [3.8, 4) is 0 Å². The fourth-order valence-corrected chi connectivity index (χ4v) is 0.793. The van der Waals surface area contributed by atoms with Crippen LogP contribution in [-0.2, 0) is 0 Å². The van der Waals surface area contributed by atoms with Crippen LogP contribution in [0.1, 0.15) is 13.3 Å². The summed E-state index contributed by atoms with van der Waals surface area (Å²) >= 11 is 0. The van der Waals surface area contributed by atoms with Crippen LogP contribution in [0.4, 0.5) is 0 Å². The van der Waals surface area contributed by atoms with Gasteiger partial charge in [0.1, 0.15) is 0 Å². The van der Waals surface area contributed by atoms with Gasteiger partial charge in [-0.2, -0.15) is 0 Å². The molecular formula is C7H9O2-. The highest BCUT2D eigenvalue weighted by Crippen LogP contribution is 2.13. The molecule has 0 aliphatic heterocycles. The summed E-state index contributed by atoms with van der Waals surface area (Å²) in [5.74, 6) is 0.0119. The second-order valence-corrected chi connectivity index (χ2v) is 2.25. The Morgan fingerprint density at radius 1 is 1.78 bits per heavy atom. The molecule has 0 saturated carbocycles. The Balaban J connectivity index is 2.74. The predicted molar refractivity (Wildman–Crippen MR) is 32.5 cm³/mol. The lowest BCUT2D eigenvalue weighted by molar-refractivity contribution is -0.296. The Kier molecular flexibility index (Phi) is 1.58. The molecule has 1 atom stereocenters. The highest BCUT2D eigenvalue weighted by Gasteiger charge is 2.05. The summed E-state index contributed by atoms with van der Waals surface area (Å²) in [7, 11) is 0. The molecule has 1 rings (SSSR count). The number of hydrogen-bond acceptors (Lipinski definition) is 2. The lowest BCUT2D eigenvalue weighted by atomic mass is 10.0. The zero-order valence-corrected chi connectivity index (χ0v) is 5.29. The van der Waals surface area contributed by atoms with E-state index in [1.807, 2.05) is 0 Å². The first-order valence-corrected chi connectivity index (χ1v) is 2.93. The van der Waals surface area contributed by atoms with E-state index < -0.39 is 6.10 Å². The summed E-state index contributed by atoms with van der Waals surface area (Å²) in [5, 5.41) is 19.6. The molecule has 1 N–H and O–H groups in total. The van der Waals surface area contributed by atoms with Gasteiger partial charge in [0.2, 0.25) is 0 Å². The van der Waals surface area contributed by atoms with Crippen LogP contribution in [0.5, 0.6) is 0 Å². The van der Waals surface area contributed by atoms with Gasteiger partial charge in [0.15, 0.2) is 0 Å². The van der Waals surface area contributed by atoms with Crippen LogP contribution in [-0.4, -0.2) is 11.2 Å². The average Bonchev–Trinajstić information content (AvgIpc) is 1.80. The molecular weight excluding hydrogens is 116 g/mol. The van der Waals surface area contributed by atoms with Crippen LogP contribution in [0, 0.1) is 0 Å². The highest BCUT2D eigenvalue weighted by atomic mass is 16.3. The van der Waals surface area contributed by atoms with E-state index in [0.717, 1.165) is 5.57 Å². The van der Waals surface area contributed by atoms with Crippen molar-refractivity contribution in [2.24, 2.45) is 0 Å². The van der Waals surface area contributed by atoms with Crippen molar-refractivity contribution in [3.05, 3.63) is 23.5 Å². The van der Waals surface area contributed by atoms with Crippen molar-refractivity contribution in [3.63, 3.8) is 0 Å². The molecule has 0 aromatic heterocycles. The van der Waals surface area contributed by atoms with Gasteiger partial charge in [-0.1, -0.05) is 12.2 Å². The topological polar surface area (TPSA) is 43.3 Å². The fourth-order valence-electron chi connectivity index (χ4n) is 0.793. The van der Waals surface area contributed by atoms with Gasteiger partial charge < -0.3 is 10.2 Å². The maximum atomic E-state index is 10.6. The van der Waals surface area contributed by atoms with Crippen molar-refractivity contribution in [2.45, 2.75) is 19.4 Å². The van der Waals surface area contributed by atoms with Gasteiger partial charge >= 0.3 is 0 Å². The summed E-state index contributed by atoms with van der Waals surface area (Å²) in [6, 6.07) is 0. The molecule has 1 aliphatic carbocycles. The monoisotopic (exact) mass is 125 g/mol. The quantitative estimate of drug-likeness (QED) is 0.493. The molecule has 0 bridgehead atoms. The number of hydrogen-bond donors (Lipinski definition) is 1. The summed E-state index contributed by atoms with van der Waals surface area (Å²) in [6.45, 7) is 1.76. The van der Waals surface area contributed by atoms with E-state index in [1.165, 1.54) is 12.2 Å². The number of aliphatic hydroxyl groups excluding tert-OH is 1. The van der Waals surface area contributed by atoms with Crippen LogP contribution in [0.15, 0.2) is 23.5 Å². The van der Waals surface area contributed by atoms with E-state index in [4.69, 9.17) is 5.11 Å². The Labute approximate surface area is 54.1 Å². The smallest absolute Gasteiger partial charge is 0.0784 e. The lowest BCUT2D eigenvalue weighted by Crippen LogP contribution is -2.14. The minimum Gasteiger partial charge on any atom is -0.873 e. The minimum atomic E-state index is -0.428. The standard InChI is InChI=1S/C7H10O2/c1-5-4-6(8)2-3-7(5)9/h2,4,7-9H,3H2,1H3/p-1. The van der Waals surface area contributed by atoms with Gasteiger partial charge in [0.25, 0.3) is 0 Å². The first-order chi connectivity index (χ1) is 4.20. The normalized spacial score (nSPS) is 27.1. The molecule has 0 aromatic rings. The molecule has 0 saturated heterocycles. The SMILES string of the molecule is CC1=CC([O-])=CCC1O. The van der Waals surface area contributed by atoms with Gasteiger partial charge in [0, 0.05) is 0 Å². The van der Waals surface area contributed by atoms with Crippen molar-refractivity contribution < 1.29 is 10.2 Å². The molecule has 0 heterocycles. The third kappa shape index (κ3) is 1.33. The molecule has 50 valence electrons. The van der Waals surface area contributed by atoms with E-state index >= 15 is 0 Å². The Bertz CT molecular complexity index is 168. The lowest BCUT2D eigenvalue weighted by Gasteiger charge is -2.18. The van der Waals surface area contributed by atoms with Gasteiger partial charge in [-0.05, 0) is 18.9 Å². The van der Waals surface area contributed by atoms with Gasteiger partial charge in [-0.15, -0.1) is 5.76 Å². The van der Waals surface area contributed by atoms with Gasteiger partial charge in [0.05, 0.1) is 6.10 Å². The van der Waals surface area contributed by atoms with Crippen LogP contribution in [0.2, 0.25) is 0 Å². The highest BCUT2D eigenvalue weighted by molar-refractivity contribution is 5.23. The zero-order chi connectivity index (χ0) is 6.85. The van der Waals surface area contributed by atoms with E-state index in [1.54, 1.807) is 6.92 Å². The van der Waals surface area contributed by atoms with Crippen LogP contribution in [0.25, 0.3) is 0 Å². The third-order valence-electron chi connectivity index (χ3n) is 1.44. The van der Waals surface area contributed by atoms with Crippen molar-refractivity contribution >= 4 is 0 Å². The van der Waals surface area contributed by atoms with Crippen LogP contribution >= 0.6 is 0 Å². The van der Waals surface area contributed by atoms with E-state index in [0.29, 0.717) is 6.42 Å². The van der Waals surface area contributed by atoms with E-state index in [-0.39, 0.29) is 5.76 Å². The molecule has 0 aromatic carbocycles. The number of aliphatic hydroxyl groups is 1. The molecule has 2 nitrogen and oxygen atoms in total. The van der Waals surface area contributed by atoms with Gasteiger partial charge in [-0.25, -0.2) is 0 Å². The summed E-state index contributed by atoms with van der Waals surface area (Å²) < 4.78 is 0. The second-order valence-electron chi connectivity index (χ2n) is 2.25. The van der Waals surface area contributed by atoms with E-state index in [9.17, 15) is 5.11 Å². The first kappa shape index (κ1) is 6.36. The van der Waals surface area contributed by atoms with E-state index in [2.05, 4.69) is 0 Å². The number of rotatable bonds is 0. The summed E-state index contributed by atoms with van der Waals surface area (Å²) in [6.07, 6.45) is 3.01. The predicted octanol–water partition coefficient (Wildman–Crippen LogP) is -0.0585. The average molecular weight is 125 g/mol. The molecule has 1 aliphatic rings. The van der Waals surface area contributed by atoms with Crippen molar-refractivity contribution in [1.29, 1.82) is 0 Å². The molecule has 0 fully saturated rings. The molecule has 0 amide bonds. The molecule has 1 unspecified atom stereocenters. The van der Waals surface area contributed by atoms with Gasteiger partial charge in [-0.3, -0.25) is 0 Å². The molecule has 2 heteroatoms. The summed E-state index contributed by atoms with van der Waals surface area (Å²) in [4.78, 5) is 0. The molecule has 0 spiro atoms. The number of allylic oxidation sites excluding steroid dienone is 1. The van der Waals surface area contributed by atoms with Crippen molar-refractivity contribution in [1.82, 2.24) is 0 Å². The molecule has 0 radical (unpaired) electrons. The summed E-state index contributed by atoms with van der Waals surface area (Å²) in [5.41, 5.74) is 0.766. The maximum Gasteiger partial charge on any atom is 0.0784 e. The van der Waals surface area contributed by atoms with Crippen LogP contribution in [0.3, 0.4) is 0 Å². The zero-order valence-electron chi connectivity index (χ0n) is 5.29. The van der Waals surface area contributed by atoms with Crippen LogP contribution < -0.4 is 5.11 Å². The first-order valence-electron chi connectivity index (χ1n) is 2.93. The third-order valence-corrected chi connectivity index (χ3v) is 1.44. The Morgan fingerprint density at radius 2 is 2.44 bits per heavy atom.